The maximum Gasteiger partial charge on any atom is 0.0589 e. The number of ether oxygens (including phenoxy) is 2. The highest BCUT2D eigenvalue weighted by atomic mass is 16.5. The number of likely N-dealkylation sites (N-methyl/N-ethyl adjacent to an activating group) is 1. The van der Waals surface area contributed by atoms with Crippen LogP contribution in [0.1, 0.15) is 33.6 Å². The first kappa shape index (κ1) is 17.9. The molecule has 0 aromatic carbocycles. The van der Waals surface area contributed by atoms with E-state index in [0.29, 0.717) is 11.3 Å². The zero-order chi connectivity index (χ0) is 14.8. The summed E-state index contributed by atoms with van der Waals surface area (Å²) in [7, 11) is 1.78. The molecule has 0 spiro atoms. The maximum absolute atomic E-state index is 5.58. The molecule has 120 valence electrons. The van der Waals surface area contributed by atoms with E-state index < -0.39 is 0 Å². The van der Waals surface area contributed by atoms with Crippen molar-refractivity contribution in [3.8, 4) is 0 Å². The van der Waals surface area contributed by atoms with Crippen molar-refractivity contribution < 1.29 is 9.47 Å². The average molecular weight is 286 g/mol. The summed E-state index contributed by atoms with van der Waals surface area (Å²) in [5.74, 6) is 0.711. The van der Waals surface area contributed by atoms with Gasteiger partial charge in [-0.1, -0.05) is 20.8 Å². The minimum Gasteiger partial charge on any atom is -0.383 e. The third kappa shape index (κ3) is 6.53. The molecule has 0 aliphatic carbocycles. The van der Waals surface area contributed by atoms with Crippen molar-refractivity contribution in [2.45, 2.75) is 33.6 Å². The molecule has 1 aliphatic rings. The Kier molecular flexibility index (Phi) is 8.69. The largest absolute Gasteiger partial charge is 0.383 e. The van der Waals surface area contributed by atoms with E-state index in [1.807, 2.05) is 0 Å². The van der Waals surface area contributed by atoms with Gasteiger partial charge in [0.1, 0.15) is 0 Å². The van der Waals surface area contributed by atoms with Gasteiger partial charge in [0.05, 0.1) is 6.61 Å². The predicted molar refractivity (Wildman–Crippen MR) is 84.2 cm³/mol. The molecule has 1 saturated heterocycles. The molecule has 1 aliphatic heterocycles. The van der Waals surface area contributed by atoms with Gasteiger partial charge < -0.3 is 19.7 Å². The summed E-state index contributed by atoms with van der Waals surface area (Å²) < 4.78 is 10.8. The van der Waals surface area contributed by atoms with Gasteiger partial charge in [0, 0.05) is 40.0 Å². The lowest BCUT2D eigenvalue weighted by Gasteiger charge is -2.41. The van der Waals surface area contributed by atoms with E-state index in [4.69, 9.17) is 9.47 Å². The monoisotopic (exact) mass is 286 g/mol. The minimum atomic E-state index is 0.372. The van der Waals surface area contributed by atoms with Crippen LogP contribution in [0.25, 0.3) is 0 Å². The fourth-order valence-corrected chi connectivity index (χ4v) is 2.86. The molecule has 0 atom stereocenters. The van der Waals surface area contributed by atoms with Crippen molar-refractivity contribution in [2.75, 3.05) is 59.7 Å². The van der Waals surface area contributed by atoms with Gasteiger partial charge in [-0.3, -0.25) is 0 Å². The van der Waals surface area contributed by atoms with Crippen molar-refractivity contribution in [2.24, 2.45) is 11.3 Å². The van der Waals surface area contributed by atoms with Crippen LogP contribution in [0.3, 0.4) is 0 Å². The lowest BCUT2D eigenvalue weighted by Crippen LogP contribution is -2.48. The van der Waals surface area contributed by atoms with E-state index in [1.165, 1.54) is 12.8 Å². The summed E-state index contributed by atoms with van der Waals surface area (Å²) >= 11 is 0. The molecule has 0 unspecified atom stereocenters. The van der Waals surface area contributed by atoms with Gasteiger partial charge in [0.25, 0.3) is 0 Å². The first-order valence-electron chi connectivity index (χ1n) is 8.11. The molecule has 20 heavy (non-hydrogen) atoms. The second-order valence-corrected chi connectivity index (χ2v) is 6.50. The highest BCUT2D eigenvalue weighted by molar-refractivity contribution is 4.87. The number of rotatable bonds is 10. The van der Waals surface area contributed by atoms with Gasteiger partial charge in [-0.15, -0.1) is 0 Å². The van der Waals surface area contributed by atoms with Crippen molar-refractivity contribution in [3.05, 3.63) is 0 Å². The second-order valence-electron chi connectivity index (χ2n) is 6.50. The summed E-state index contributed by atoms with van der Waals surface area (Å²) in [6, 6.07) is 0. The van der Waals surface area contributed by atoms with Crippen molar-refractivity contribution in [3.63, 3.8) is 0 Å². The number of methoxy groups -OCH3 is 1. The Morgan fingerprint density at radius 2 is 2.00 bits per heavy atom. The first-order valence-corrected chi connectivity index (χ1v) is 8.11. The number of hydrogen-bond donors (Lipinski definition) is 1. The second kappa shape index (κ2) is 9.72. The summed E-state index contributed by atoms with van der Waals surface area (Å²) in [5, 5.41) is 3.67. The Morgan fingerprint density at radius 3 is 2.55 bits per heavy atom. The average Bonchev–Trinajstić information content (AvgIpc) is 2.44. The molecule has 0 radical (unpaired) electrons. The molecule has 0 aromatic heterocycles. The molecule has 0 amide bonds. The van der Waals surface area contributed by atoms with Gasteiger partial charge in [-0.25, -0.2) is 0 Å². The van der Waals surface area contributed by atoms with Crippen LogP contribution in [0.2, 0.25) is 0 Å². The van der Waals surface area contributed by atoms with Crippen LogP contribution in [0.5, 0.6) is 0 Å². The van der Waals surface area contributed by atoms with E-state index in [-0.39, 0.29) is 0 Å². The molecule has 4 nitrogen and oxygen atoms in total. The van der Waals surface area contributed by atoms with E-state index >= 15 is 0 Å². The first-order chi connectivity index (χ1) is 9.62. The van der Waals surface area contributed by atoms with Crippen LogP contribution in [0.4, 0.5) is 0 Å². The number of nitrogens with zero attached hydrogens (tertiary/aromatic N) is 1. The fourth-order valence-electron chi connectivity index (χ4n) is 2.86. The molecule has 1 N–H and O–H groups in total. The van der Waals surface area contributed by atoms with E-state index in [1.54, 1.807) is 7.11 Å². The molecule has 1 rings (SSSR count). The van der Waals surface area contributed by atoms with E-state index in [9.17, 15) is 0 Å². The third-order valence-electron chi connectivity index (χ3n) is 4.22. The van der Waals surface area contributed by atoms with Gasteiger partial charge in [0.2, 0.25) is 0 Å². The molecular weight excluding hydrogens is 252 g/mol. The molecule has 4 heteroatoms. The highest BCUT2D eigenvalue weighted by Crippen LogP contribution is 2.31. The summed E-state index contributed by atoms with van der Waals surface area (Å²) in [6.07, 6.45) is 2.34. The van der Waals surface area contributed by atoms with E-state index in [2.05, 4.69) is 31.0 Å². The van der Waals surface area contributed by atoms with Crippen molar-refractivity contribution in [1.82, 2.24) is 10.2 Å². The standard InChI is InChI=1S/C16H34N2O2/c1-5-18(8-11-19-4)14-16(6-9-20-10-7-16)13-17-12-15(2)3/h15,17H,5-14H2,1-4H3. The SMILES string of the molecule is CCN(CCOC)CC1(CNCC(C)C)CCOCC1. The van der Waals surface area contributed by atoms with Crippen LogP contribution in [0.15, 0.2) is 0 Å². The summed E-state index contributed by atoms with van der Waals surface area (Å²) in [4.78, 5) is 2.52. The molecule has 0 saturated carbocycles. The van der Waals surface area contributed by atoms with Gasteiger partial charge in [0.15, 0.2) is 0 Å². The van der Waals surface area contributed by atoms with Crippen LogP contribution < -0.4 is 5.32 Å². The Labute approximate surface area is 125 Å². The van der Waals surface area contributed by atoms with Gasteiger partial charge in [-0.05, 0) is 37.3 Å². The van der Waals surface area contributed by atoms with Crippen molar-refractivity contribution in [1.29, 1.82) is 0 Å². The molecule has 1 heterocycles. The van der Waals surface area contributed by atoms with E-state index in [0.717, 1.165) is 52.5 Å². The Morgan fingerprint density at radius 1 is 1.30 bits per heavy atom. The van der Waals surface area contributed by atoms with Gasteiger partial charge >= 0.3 is 0 Å². The zero-order valence-electron chi connectivity index (χ0n) is 13.9. The summed E-state index contributed by atoms with van der Waals surface area (Å²) in [5.41, 5.74) is 0.372. The Bertz CT molecular complexity index is 241. The third-order valence-corrected chi connectivity index (χ3v) is 4.22. The fraction of sp³-hybridized carbons (Fsp3) is 1.00. The predicted octanol–water partition coefficient (Wildman–Crippen LogP) is 2.00. The minimum absolute atomic E-state index is 0.372. The van der Waals surface area contributed by atoms with Crippen LogP contribution >= 0.6 is 0 Å². The van der Waals surface area contributed by atoms with Crippen LogP contribution in [-0.4, -0.2) is 64.6 Å². The smallest absolute Gasteiger partial charge is 0.0589 e. The summed E-state index contributed by atoms with van der Waals surface area (Å²) in [6.45, 7) is 14.9. The normalized spacial score (nSPS) is 18.9. The molecule has 0 bridgehead atoms. The number of nitrogens with one attached hydrogen (secondary N) is 1. The topological polar surface area (TPSA) is 33.7 Å². The quantitative estimate of drug-likeness (QED) is 0.666. The Balaban J connectivity index is 2.52. The lowest BCUT2D eigenvalue weighted by molar-refractivity contribution is -0.00696. The van der Waals surface area contributed by atoms with Crippen LogP contribution in [0, 0.1) is 11.3 Å². The van der Waals surface area contributed by atoms with Crippen molar-refractivity contribution >= 4 is 0 Å². The Hall–Kier alpha value is -0.160. The maximum atomic E-state index is 5.58. The number of hydrogen-bond acceptors (Lipinski definition) is 4. The zero-order valence-corrected chi connectivity index (χ0v) is 13.9. The highest BCUT2D eigenvalue weighted by Gasteiger charge is 2.33. The van der Waals surface area contributed by atoms with Gasteiger partial charge in [-0.2, -0.15) is 0 Å². The molecular formula is C16H34N2O2. The molecule has 0 aromatic rings. The lowest BCUT2D eigenvalue weighted by atomic mass is 9.79. The molecule has 1 fully saturated rings. The van der Waals surface area contributed by atoms with Crippen LogP contribution in [-0.2, 0) is 9.47 Å².